The van der Waals surface area contributed by atoms with Crippen LogP contribution in [0.5, 0.6) is 0 Å². The number of carboxylic acid groups (broad SMARTS) is 1. The highest BCUT2D eigenvalue weighted by Gasteiger charge is 2.27. The van der Waals surface area contributed by atoms with E-state index >= 15 is 0 Å². The van der Waals surface area contributed by atoms with Gasteiger partial charge in [0.25, 0.3) is 0 Å². The molecule has 130 valence electrons. The number of carboxylic acids is 1. The molecule has 2 atom stereocenters. The van der Waals surface area contributed by atoms with Crippen LogP contribution in [0.3, 0.4) is 0 Å². The number of aliphatic carboxylic acids is 1. The number of nitrogens with two attached hydrogens (primary N) is 2. The second-order valence-electron chi connectivity index (χ2n) is 4.35. The Labute approximate surface area is 130 Å². The van der Waals surface area contributed by atoms with Gasteiger partial charge in [-0.2, -0.15) is 0 Å². The van der Waals surface area contributed by atoms with E-state index in [1.54, 1.807) is 0 Å². The molecule has 0 aromatic carbocycles. The summed E-state index contributed by atoms with van der Waals surface area (Å²) in [4.78, 5) is 56.0. The van der Waals surface area contributed by atoms with Crippen molar-refractivity contribution in [1.82, 2.24) is 16.0 Å². The van der Waals surface area contributed by atoms with Gasteiger partial charge in [0.15, 0.2) is 0 Å². The lowest BCUT2D eigenvalue weighted by Gasteiger charge is -2.19. The SMILES string of the molecule is NCC(=O)NCC(=O)NC(CC(N)=O)C(=O)NC(CO)C(=O)O. The molecule has 23 heavy (non-hydrogen) atoms. The molecule has 0 aromatic heterocycles. The molecule has 0 aliphatic carbocycles. The Morgan fingerprint density at radius 3 is 2.04 bits per heavy atom. The minimum absolute atomic E-state index is 0.338. The lowest BCUT2D eigenvalue weighted by Crippen LogP contribution is -2.55. The first-order valence-corrected chi connectivity index (χ1v) is 6.39. The molecule has 0 radical (unpaired) electrons. The highest BCUT2D eigenvalue weighted by Crippen LogP contribution is 1.94. The van der Waals surface area contributed by atoms with Gasteiger partial charge in [-0.05, 0) is 0 Å². The number of aliphatic hydroxyl groups is 1. The quantitative estimate of drug-likeness (QED) is 0.205. The average Bonchev–Trinajstić information content (AvgIpc) is 2.48. The maximum absolute atomic E-state index is 11.9. The average molecular weight is 333 g/mol. The number of amides is 4. The number of carbonyl (C=O) groups is 5. The number of primary amides is 1. The predicted octanol–water partition coefficient (Wildman–Crippen LogP) is -5.02. The fourth-order valence-electron chi connectivity index (χ4n) is 1.36. The zero-order chi connectivity index (χ0) is 18.0. The summed E-state index contributed by atoms with van der Waals surface area (Å²) in [5.41, 5.74) is 9.98. The molecule has 0 saturated carbocycles. The third-order valence-electron chi connectivity index (χ3n) is 2.49. The molecule has 2 unspecified atom stereocenters. The van der Waals surface area contributed by atoms with Crippen LogP contribution in [0.4, 0.5) is 0 Å². The minimum atomic E-state index is -1.60. The van der Waals surface area contributed by atoms with Crippen molar-refractivity contribution in [2.75, 3.05) is 19.7 Å². The smallest absolute Gasteiger partial charge is 0.328 e. The maximum Gasteiger partial charge on any atom is 0.328 e. The first-order valence-electron chi connectivity index (χ1n) is 6.39. The van der Waals surface area contributed by atoms with E-state index in [0.29, 0.717) is 0 Å². The molecule has 0 rings (SSSR count). The molecule has 0 bridgehead atoms. The molecule has 0 aliphatic rings. The van der Waals surface area contributed by atoms with Crippen LogP contribution >= 0.6 is 0 Å². The molecule has 12 heteroatoms. The van der Waals surface area contributed by atoms with Crippen LogP contribution in [0.25, 0.3) is 0 Å². The van der Waals surface area contributed by atoms with Crippen LogP contribution in [0, 0.1) is 0 Å². The number of hydrogen-bond donors (Lipinski definition) is 7. The number of rotatable bonds is 10. The van der Waals surface area contributed by atoms with Crippen LogP contribution in [0.2, 0.25) is 0 Å². The Balaban J connectivity index is 4.76. The van der Waals surface area contributed by atoms with Crippen LogP contribution in [0.1, 0.15) is 6.42 Å². The van der Waals surface area contributed by atoms with Gasteiger partial charge >= 0.3 is 5.97 Å². The van der Waals surface area contributed by atoms with Gasteiger partial charge in [0.2, 0.25) is 23.6 Å². The molecule has 0 saturated heterocycles. The Morgan fingerprint density at radius 1 is 1.00 bits per heavy atom. The van der Waals surface area contributed by atoms with Gasteiger partial charge in [-0.15, -0.1) is 0 Å². The van der Waals surface area contributed by atoms with E-state index in [-0.39, 0.29) is 6.54 Å². The first-order chi connectivity index (χ1) is 10.7. The molecule has 0 fully saturated rings. The van der Waals surface area contributed by atoms with Crippen LogP contribution < -0.4 is 27.4 Å². The van der Waals surface area contributed by atoms with E-state index < -0.39 is 61.3 Å². The van der Waals surface area contributed by atoms with Crippen molar-refractivity contribution >= 4 is 29.6 Å². The van der Waals surface area contributed by atoms with Gasteiger partial charge in [-0.1, -0.05) is 0 Å². The number of nitrogens with one attached hydrogen (secondary N) is 3. The molecule has 9 N–H and O–H groups in total. The summed E-state index contributed by atoms with van der Waals surface area (Å²) in [6, 6.07) is -3.06. The maximum atomic E-state index is 11.9. The normalized spacial score (nSPS) is 12.6. The van der Waals surface area contributed by atoms with Crippen molar-refractivity contribution in [2.45, 2.75) is 18.5 Å². The lowest BCUT2D eigenvalue weighted by atomic mass is 10.1. The third kappa shape index (κ3) is 8.33. The molecule has 0 spiro atoms. The standard InChI is InChI=1S/C11H19N5O7/c12-2-8(19)14-3-9(20)15-5(1-7(13)18)10(21)16-6(4-17)11(22)23/h5-6,17H,1-4,12H2,(H2,13,18)(H,14,19)(H,15,20)(H,16,21)(H,22,23). The highest BCUT2D eigenvalue weighted by atomic mass is 16.4. The van der Waals surface area contributed by atoms with Crippen molar-refractivity contribution in [2.24, 2.45) is 11.5 Å². The third-order valence-corrected chi connectivity index (χ3v) is 2.49. The summed E-state index contributed by atoms with van der Waals surface area (Å²) in [7, 11) is 0. The van der Waals surface area contributed by atoms with Gasteiger partial charge < -0.3 is 37.6 Å². The van der Waals surface area contributed by atoms with E-state index in [0.717, 1.165) is 0 Å². The monoisotopic (exact) mass is 333 g/mol. The molecule has 0 aliphatic heterocycles. The van der Waals surface area contributed by atoms with Crippen molar-refractivity contribution in [3.63, 3.8) is 0 Å². The molecule has 4 amide bonds. The lowest BCUT2D eigenvalue weighted by molar-refractivity contribution is -0.143. The summed E-state index contributed by atoms with van der Waals surface area (Å²) in [6.07, 6.45) is -0.597. The van der Waals surface area contributed by atoms with Gasteiger partial charge in [-0.25, -0.2) is 4.79 Å². The molecule has 0 heterocycles. The molecular weight excluding hydrogens is 314 g/mol. The van der Waals surface area contributed by atoms with E-state index in [1.807, 2.05) is 5.32 Å². The van der Waals surface area contributed by atoms with E-state index in [9.17, 15) is 24.0 Å². The van der Waals surface area contributed by atoms with Crippen LogP contribution in [-0.2, 0) is 24.0 Å². The van der Waals surface area contributed by atoms with Crippen molar-refractivity contribution < 1.29 is 34.2 Å². The number of aliphatic hydroxyl groups excluding tert-OH is 1. The topological polar surface area (TPSA) is 214 Å². The van der Waals surface area contributed by atoms with Gasteiger partial charge in [-0.3, -0.25) is 19.2 Å². The summed E-state index contributed by atoms with van der Waals surface area (Å²) in [5, 5.41) is 23.7. The van der Waals surface area contributed by atoms with Crippen molar-refractivity contribution in [1.29, 1.82) is 0 Å². The van der Waals surface area contributed by atoms with Gasteiger partial charge in [0.05, 0.1) is 26.1 Å². The zero-order valence-electron chi connectivity index (χ0n) is 12.1. The van der Waals surface area contributed by atoms with Gasteiger partial charge in [0, 0.05) is 0 Å². The van der Waals surface area contributed by atoms with Crippen LogP contribution in [-0.4, -0.2) is 71.6 Å². The summed E-state index contributed by atoms with van der Waals surface area (Å²) < 4.78 is 0. The second kappa shape index (κ2) is 10.1. The van der Waals surface area contributed by atoms with Crippen molar-refractivity contribution in [3.8, 4) is 0 Å². The van der Waals surface area contributed by atoms with Crippen molar-refractivity contribution in [3.05, 3.63) is 0 Å². The number of hydrogen-bond acceptors (Lipinski definition) is 7. The fourth-order valence-corrected chi connectivity index (χ4v) is 1.36. The largest absolute Gasteiger partial charge is 0.480 e. The van der Waals surface area contributed by atoms with E-state index in [4.69, 9.17) is 21.7 Å². The zero-order valence-corrected chi connectivity index (χ0v) is 12.1. The Kier molecular flexibility index (Phi) is 8.88. The van der Waals surface area contributed by atoms with Crippen LogP contribution in [0.15, 0.2) is 0 Å². The summed E-state index contributed by atoms with van der Waals surface area (Å²) in [5.74, 6) is -4.87. The Bertz CT molecular complexity index is 481. The fraction of sp³-hybridized carbons (Fsp3) is 0.545. The van der Waals surface area contributed by atoms with E-state index in [1.165, 1.54) is 0 Å². The summed E-state index contributed by atoms with van der Waals surface area (Å²) >= 11 is 0. The molecular formula is C11H19N5O7. The molecule has 0 aromatic rings. The Hall–Kier alpha value is -2.73. The minimum Gasteiger partial charge on any atom is -0.480 e. The second-order valence-corrected chi connectivity index (χ2v) is 4.35. The predicted molar refractivity (Wildman–Crippen MR) is 74.5 cm³/mol. The molecule has 12 nitrogen and oxygen atoms in total. The van der Waals surface area contributed by atoms with E-state index in [2.05, 4.69) is 10.6 Å². The highest BCUT2D eigenvalue weighted by molar-refractivity contribution is 5.94. The number of carbonyl (C=O) groups excluding carboxylic acids is 4. The Morgan fingerprint density at radius 2 is 1.61 bits per heavy atom. The van der Waals surface area contributed by atoms with Gasteiger partial charge in [0.1, 0.15) is 12.1 Å². The first kappa shape index (κ1) is 20.3. The summed E-state index contributed by atoms with van der Waals surface area (Å²) in [6.45, 7) is -1.72.